The molecule has 0 aliphatic heterocycles. The number of ether oxygens (including phenoxy) is 1. The van der Waals surface area contributed by atoms with E-state index in [2.05, 4.69) is 36.6 Å². The standard InChI is InChI=1S/C28H27NO2S/c1-31-26-16-12-21(13-17-26)18-29(28(30)24-14-10-22(11-15-24)20-32-2)19-25-8-5-7-23-6-3-4-9-27(23)25/h3-17H,18-20H2,1-2H3. The quantitative estimate of drug-likeness (QED) is 0.310. The Kier molecular flexibility index (Phi) is 7.13. The van der Waals surface area contributed by atoms with Gasteiger partial charge >= 0.3 is 0 Å². The summed E-state index contributed by atoms with van der Waals surface area (Å²) < 4.78 is 5.28. The first-order chi connectivity index (χ1) is 15.7. The number of carbonyl (C=O) groups excluding carboxylic acids is 1. The Morgan fingerprint density at radius 3 is 2.22 bits per heavy atom. The monoisotopic (exact) mass is 441 g/mol. The molecule has 4 heteroatoms. The van der Waals surface area contributed by atoms with Crippen molar-refractivity contribution in [3.63, 3.8) is 0 Å². The molecule has 0 aliphatic carbocycles. The SMILES string of the molecule is COc1ccc(CN(Cc2cccc3ccccc23)C(=O)c2ccc(CSC)cc2)cc1. The third-order valence-corrected chi connectivity index (χ3v) is 6.19. The highest BCUT2D eigenvalue weighted by Crippen LogP contribution is 2.23. The second kappa shape index (κ2) is 10.4. The van der Waals surface area contributed by atoms with Crippen molar-refractivity contribution in [2.24, 2.45) is 0 Å². The van der Waals surface area contributed by atoms with Crippen LogP contribution in [0.3, 0.4) is 0 Å². The van der Waals surface area contributed by atoms with Gasteiger partial charge in [0.15, 0.2) is 0 Å². The van der Waals surface area contributed by atoms with Gasteiger partial charge in [0.1, 0.15) is 5.75 Å². The lowest BCUT2D eigenvalue weighted by Gasteiger charge is -2.24. The average molecular weight is 442 g/mol. The van der Waals surface area contributed by atoms with Crippen LogP contribution >= 0.6 is 11.8 Å². The Balaban J connectivity index is 1.65. The van der Waals surface area contributed by atoms with Gasteiger partial charge in [-0.3, -0.25) is 4.79 Å². The van der Waals surface area contributed by atoms with E-state index in [1.807, 2.05) is 65.6 Å². The predicted octanol–water partition coefficient (Wildman–Crippen LogP) is 6.55. The van der Waals surface area contributed by atoms with Gasteiger partial charge in [-0.15, -0.1) is 0 Å². The van der Waals surface area contributed by atoms with Crippen LogP contribution in [0, 0.1) is 0 Å². The fourth-order valence-electron chi connectivity index (χ4n) is 3.88. The minimum absolute atomic E-state index is 0.0319. The van der Waals surface area contributed by atoms with Gasteiger partial charge < -0.3 is 9.64 Å². The number of carbonyl (C=O) groups is 1. The number of rotatable bonds is 8. The summed E-state index contributed by atoms with van der Waals surface area (Å²) in [6.07, 6.45) is 2.08. The Labute approximate surface area is 194 Å². The molecule has 0 radical (unpaired) electrons. The molecule has 0 aromatic heterocycles. The van der Waals surface area contributed by atoms with Crippen LogP contribution in [0.15, 0.2) is 91.0 Å². The van der Waals surface area contributed by atoms with Crippen molar-refractivity contribution in [1.82, 2.24) is 4.90 Å². The number of thioether (sulfide) groups is 1. The largest absolute Gasteiger partial charge is 0.497 e. The maximum absolute atomic E-state index is 13.6. The van der Waals surface area contributed by atoms with Crippen molar-refractivity contribution >= 4 is 28.4 Å². The van der Waals surface area contributed by atoms with Crippen LogP contribution in [0.1, 0.15) is 27.0 Å². The van der Waals surface area contributed by atoms with Gasteiger partial charge in [0, 0.05) is 24.4 Å². The van der Waals surface area contributed by atoms with Crippen LogP contribution in [-0.2, 0) is 18.8 Å². The molecule has 4 aromatic rings. The van der Waals surface area contributed by atoms with Crippen LogP contribution < -0.4 is 4.74 Å². The summed E-state index contributed by atoms with van der Waals surface area (Å²) in [5.41, 5.74) is 4.15. The normalized spacial score (nSPS) is 10.8. The van der Waals surface area contributed by atoms with Crippen molar-refractivity contribution in [3.8, 4) is 5.75 Å². The molecule has 162 valence electrons. The fraction of sp³-hybridized carbons (Fsp3) is 0.179. The van der Waals surface area contributed by atoms with E-state index >= 15 is 0 Å². The molecule has 1 amide bonds. The van der Waals surface area contributed by atoms with E-state index in [-0.39, 0.29) is 5.91 Å². The first kappa shape index (κ1) is 22.0. The third-order valence-electron chi connectivity index (χ3n) is 5.57. The van der Waals surface area contributed by atoms with Crippen molar-refractivity contribution < 1.29 is 9.53 Å². The maximum Gasteiger partial charge on any atom is 0.254 e. The van der Waals surface area contributed by atoms with Crippen LogP contribution in [0.25, 0.3) is 10.8 Å². The zero-order valence-electron chi connectivity index (χ0n) is 18.5. The van der Waals surface area contributed by atoms with Crippen molar-refractivity contribution in [2.75, 3.05) is 13.4 Å². The van der Waals surface area contributed by atoms with Crippen LogP contribution in [0.2, 0.25) is 0 Å². The highest BCUT2D eigenvalue weighted by atomic mass is 32.2. The molecule has 0 saturated carbocycles. The average Bonchev–Trinajstić information content (AvgIpc) is 2.84. The van der Waals surface area contributed by atoms with Gasteiger partial charge in [0.05, 0.1) is 7.11 Å². The number of hydrogen-bond donors (Lipinski definition) is 0. The zero-order valence-corrected chi connectivity index (χ0v) is 19.3. The van der Waals surface area contributed by atoms with Crippen LogP contribution in [-0.4, -0.2) is 24.2 Å². The lowest BCUT2D eigenvalue weighted by molar-refractivity contribution is 0.0730. The molecule has 0 saturated heterocycles. The molecule has 4 aromatic carbocycles. The Bertz CT molecular complexity index is 1180. The van der Waals surface area contributed by atoms with E-state index in [0.29, 0.717) is 18.7 Å². The Morgan fingerprint density at radius 2 is 1.50 bits per heavy atom. The summed E-state index contributed by atoms with van der Waals surface area (Å²) in [5, 5.41) is 2.36. The molecule has 3 nitrogen and oxygen atoms in total. The van der Waals surface area contributed by atoms with Crippen LogP contribution in [0.5, 0.6) is 5.75 Å². The lowest BCUT2D eigenvalue weighted by atomic mass is 10.0. The summed E-state index contributed by atoms with van der Waals surface area (Å²) in [6, 6.07) is 30.5. The fourth-order valence-corrected chi connectivity index (χ4v) is 4.41. The van der Waals surface area contributed by atoms with E-state index in [0.717, 1.165) is 22.6 Å². The van der Waals surface area contributed by atoms with Crippen molar-refractivity contribution in [1.29, 1.82) is 0 Å². The van der Waals surface area contributed by atoms with Gasteiger partial charge in [-0.1, -0.05) is 66.7 Å². The molecule has 0 heterocycles. The molecule has 4 rings (SSSR count). The molecule has 0 aliphatic rings. The Hall–Kier alpha value is -3.24. The second-order valence-electron chi connectivity index (χ2n) is 7.78. The lowest BCUT2D eigenvalue weighted by Crippen LogP contribution is -2.30. The molecule has 0 spiro atoms. The van der Waals surface area contributed by atoms with Gasteiger partial charge in [-0.2, -0.15) is 11.8 Å². The summed E-state index contributed by atoms with van der Waals surface area (Å²) in [4.78, 5) is 15.5. The van der Waals surface area contributed by atoms with Gasteiger partial charge in [-0.05, 0) is 58.0 Å². The molecular formula is C28H27NO2S. The van der Waals surface area contributed by atoms with E-state index in [9.17, 15) is 4.79 Å². The highest BCUT2D eigenvalue weighted by Gasteiger charge is 2.18. The van der Waals surface area contributed by atoms with Crippen molar-refractivity contribution in [3.05, 3.63) is 113 Å². The summed E-state index contributed by atoms with van der Waals surface area (Å²) >= 11 is 1.78. The minimum atomic E-state index is 0.0319. The predicted molar refractivity (Wildman–Crippen MR) is 134 cm³/mol. The molecule has 0 fully saturated rings. The number of methoxy groups -OCH3 is 1. The Morgan fingerprint density at radius 1 is 0.812 bits per heavy atom. The molecule has 32 heavy (non-hydrogen) atoms. The minimum Gasteiger partial charge on any atom is -0.497 e. The third kappa shape index (κ3) is 5.14. The van der Waals surface area contributed by atoms with E-state index in [1.165, 1.54) is 16.3 Å². The zero-order chi connectivity index (χ0) is 22.3. The molecule has 0 N–H and O–H groups in total. The highest BCUT2D eigenvalue weighted by molar-refractivity contribution is 7.97. The smallest absolute Gasteiger partial charge is 0.254 e. The van der Waals surface area contributed by atoms with Gasteiger partial charge in [0.25, 0.3) is 5.91 Å². The second-order valence-corrected chi connectivity index (χ2v) is 8.64. The summed E-state index contributed by atoms with van der Waals surface area (Å²) in [6.45, 7) is 1.07. The number of hydrogen-bond acceptors (Lipinski definition) is 3. The first-order valence-electron chi connectivity index (χ1n) is 10.6. The number of amides is 1. The molecule has 0 atom stereocenters. The van der Waals surface area contributed by atoms with E-state index < -0.39 is 0 Å². The van der Waals surface area contributed by atoms with E-state index in [1.54, 1.807) is 18.9 Å². The first-order valence-corrected chi connectivity index (χ1v) is 12.0. The van der Waals surface area contributed by atoms with Crippen LogP contribution in [0.4, 0.5) is 0 Å². The van der Waals surface area contributed by atoms with Gasteiger partial charge in [-0.25, -0.2) is 0 Å². The maximum atomic E-state index is 13.6. The number of fused-ring (bicyclic) bond motifs is 1. The molecular weight excluding hydrogens is 414 g/mol. The van der Waals surface area contributed by atoms with Crippen molar-refractivity contribution in [2.45, 2.75) is 18.8 Å². The molecule has 0 unspecified atom stereocenters. The topological polar surface area (TPSA) is 29.5 Å². The summed E-state index contributed by atoms with van der Waals surface area (Å²) in [5.74, 6) is 1.79. The van der Waals surface area contributed by atoms with Gasteiger partial charge in [0.2, 0.25) is 0 Å². The number of benzene rings is 4. The summed E-state index contributed by atoms with van der Waals surface area (Å²) in [7, 11) is 1.66. The van der Waals surface area contributed by atoms with E-state index in [4.69, 9.17) is 4.74 Å². The number of nitrogens with zero attached hydrogens (tertiary/aromatic N) is 1. The molecule has 0 bridgehead atoms.